The summed E-state index contributed by atoms with van der Waals surface area (Å²) in [5.74, 6) is 0.385. The molecule has 4 rings (SSSR count). The second kappa shape index (κ2) is 11.7. The zero-order valence-corrected chi connectivity index (χ0v) is 23.8. The van der Waals surface area contributed by atoms with Crippen molar-refractivity contribution in [2.45, 2.75) is 13.0 Å². The van der Waals surface area contributed by atoms with Gasteiger partial charge in [0.2, 0.25) is 5.78 Å². The van der Waals surface area contributed by atoms with Gasteiger partial charge in [-0.15, -0.1) is 0 Å². The van der Waals surface area contributed by atoms with Crippen molar-refractivity contribution < 1.29 is 33.3 Å². The highest BCUT2D eigenvalue weighted by Gasteiger charge is 2.34. The van der Waals surface area contributed by atoms with Gasteiger partial charge in [0.15, 0.2) is 11.5 Å². The van der Waals surface area contributed by atoms with E-state index < -0.39 is 18.0 Å². The van der Waals surface area contributed by atoms with E-state index >= 15 is 0 Å². The van der Waals surface area contributed by atoms with Crippen LogP contribution in [0.2, 0.25) is 0 Å². The number of ketones is 1. The summed E-state index contributed by atoms with van der Waals surface area (Å²) in [6.07, 6.45) is 3.24. The van der Waals surface area contributed by atoms with Gasteiger partial charge >= 0.3 is 12.2 Å². The Kier molecular flexibility index (Phi) is 8.34. The Balaban J connectivity index is 1.75. The van der Waals surface area contributed by atoms with Crippen molar-refractivity contribution in [2.75, 3.05) is 55.9 Å². The van der Waals surface area contributed by atoms with Gasteiger partial charge in [0, 0.05) is 69.5 Å². The minimum atomic E-state index is -0.698. The highest BCUT2D eigenvalue weighted by molar-refractivity contribution is 6.17. The van der Waals surface area contributed by atoms with Crippen LogP contribution in [-0.4, -0.2) is 93.2 Å². The van der Waals surface area contributed by atoms with Crippen LogP contribution >= 0.6 is 0 Å². The molecule has 3 aromatic rings. The van der Waals surface area contributed by atoms with Crippen molar-refractivity contribution in [1.29, 1.82) is 0 Å². The summed E-state index contributed by atoms with van der Waals surface area (Å²) in [4.78, 5) is 42.7. The van der Waals surface area contributed by atoms with Crippen molar-refractivity contribution >= 4 is 34.9 Å². The lowest BCUT2D eigenvalue weighted by atomic mass is 10.1. The molecule has 0 N–H and O–H groups in total. The molecule has 212 valence electrons. The van der Waals surface area contributed by atoms with Gasteiger partial charge < -0.3 is 38.2 Å². The molecular formula is C29H34N4O7. The minimum absolute atomic E-state index is 0.0448. The summed E-state index contributed by atoms with van der Waals surface area (Å²) in [5, 5.41) is 0.893. The first kappa shape index (κ1) is 28.5. The number of Topliss-reactive ketones (excluding diaryl/α,β-unsaturated/α-hetero) is 1. The van der Waals surface area contributed by atoms with E-state index in [1.807, 2.05) is 38.5 Å². The molecule has 2 amide bonds. The second-order valence-electron chi connectivity index (χ2n) is 10.1. The zero-order valence-electron chi connectivity index (χ0n) is 23.8. The van der Waals surface area contributed by atoms with Gasteiger partial charge in [0.25, 0.3) is 0 Å². The maximum Gasteiger partial charge on any atom is 0.414 e. The first-order valence-corrected chi connectivity index (χ1v) is 12.7. The Labute approximate surface area is 233 Å². The number of rotatable bonds is 8. The first-order chi connectivity index (χ1) is 19.0. The van der Waals surface area contributed by atoms with Gasteiger partial charge in [-0.1, -0.05) is 0 Å². The molecular weight excluding hydrogens is 516 g/mol. The standard InChI is InChI=1S/C29H34N4O7/c1-30(2)11-8-12-33-17-18(21-14-19(37-7)9-10-22(21)33)13-25-27(34)26-23(39-25)15-20(38-28(35)31(3)4)16-24(26)40-29(36)32(5)6/h9-10,13-17H,8,11-12H2,1-7H3. The molecule has 40 heavy (non-hydrogen) atoms. The van der Waals surface area contributed by atoms with Crippen LogP contribution in [0, 0.1) is 0 Å². The number of amides is 2. The van der Waals surface area contributed by atoms with Crippen LogP contribution in [0.15, 0.2) is 42.3 Å². The van der Waals surface area contributed by atoms with Crippen molar-refractivity contribution in [1.82, 2.24) is 19.3 Å². The van der Waals surface area contributed by atoms with Crippen molar-refractivity contribution in [3.05, 3.63) is 53.4 Å². The van der Waals surface area contributed by atoms with Crippen molar-refractivity contribution in [3.8, 4) is 23.0 Å². The van der Waals surface area contributed by atoms with Gasteiger partial charge in [0.05, 0.1) is 7.11 Å². The summed E-state index contributed by atoms with van der Waals surface area (Å²) in [6, 6.07) is 8.56. The quantitative estimate of drug-likeness (QED) is 0.382. The molecule has 0 atom stereocenters. The fourth-order valence-corrected chi connectivity index (χ4v) is 4.20. The number of benzene rings is 2. The number of fused-ring (bicyclic) bond motifs is 2. The van der Waals surface area contributed by atoms with Crippen LogP contribution in [0.4, 0.5) is 9.59 Å². The number of hydrogen-bond donors (Lipinski definition) is 0. The zero-order chi connectivity index (χ0) is 29.1. The third-order valence-corrected chi connectivity index (χ3v) is 6.25. The number of ether oxygens (including phenoxy) is 4. The summed E-state index contributed by atoms with van der Waals surface area (Å²) in [5.41, 5.74) is 1.83. The van der Waals surface area contributed by atoms with Gasteiger partial charge in [-0.25, -0.2) is 9.59 Å². The maximum atomic E-state index is 13.6. The molecule has 11 heteroatoms. The second-order valence-corrected chi connectivity index (χ2v) is 10.1. The van der Waals surface area contributed by atoms with Crippen molar-refractivity contribution in [3.63, 3.8) is 0 Å². The minimum Gasteiger partial charge on any atom is -0.497 e. The Morgan fingerprint density at radius 2 is 1.65 bits per heavy atom. The molecule has 0 spiro atoms. The number of carbonyl (C=O) groups excluding carboxylic acids is 3. The number of carbonyl (C=O) groups is 3. The van der Waals surface area contributed by atoms with Gasteiger partial charge in [-0.3, -0.25) is 4.79 Å². The third-order valence-electron chi connectivity index (χ3n) is 6.25. The Bertz CT molecular complexity index is 1490. The van der Waals surface area contributed by atoms with E-state index in [-0.39, 0.29) is 28.6 Å². The van der Waals surface area contributed by atoms with E-state index in [9.17, 15) is 14.4 Å². The topological polar surface area (TPSA) is 103 Å². The molecule has 1 aliphatic rings. The van der Waals surface area contributed by atoms with Crippen LogP contribution in [0.3, 0.4) is 0 Å². The number of hydrogen-bond acceptors (Lipinski definition) is 8. The van der Waals surface area contributed by atoms with Crippen LogP contribution in [0.25, 0.3) is 17.0 Å². The van der Waals surface area contributed by atoms with Gasteiger partial charge in [0.1, 0.15) is 22.8 Å². The van der Waals surface area contributed by atoms with Crippen LogP contribution in [0.1, 0.15) is 22.3 Å². The SMILES string of the molecule is COc1ccc2c(c1)c(C=C1Oc3cc(OC(=O)N(C)C)cc(OC(=O)N(C)C)c3C1=O)cn2CCCN(C)C. The Morgan fingerprint density at radius 3 is 2.30 bits per heavy atom. The molecule has 2 heterocycles. The normalized spacial score (nSPS) is 13.4. The highest BCUT2D eigenvalue weighted by Crippen LogP contribution is 2.42. The number of aryl methyl sites for hydroxylation is 1. The van der Waals surface area contributed by atoms with Crippen molar-refractivity contribution in [2.24, 2.45) is 0 Å². The lowest BCUT2D eigenvalue weighted by molar-refractivity contribution is 0.101. The molecule has 1 aliphatic heterocycles. The molecule has 1 aromatic heterocycles. The number of aromatic nitrogens is 1. The Hall–Kier alpha value is -4.51. The predicted molar refractivity (Wildman–Crippen MR) is 150 cm³/mol. The van der Waals surface area contributed by atoms with E-state index in [2.05, 4.69) is 9.47 Å². The first-order valence-electron chi connectivity index (χ1n) is 12.7. The summed E-state index contributed by atoms with van der Waals surface area (Å²) in [6.45, 7) is 1.71. The monoisotopic (exact) mass is 550 g/mol. The highest BCUT2D eigenvalue weighted by atomic mass is 16.6. The summed E-state index contributed by atoms with van der Waals surface area (Å²) >= 11 is 0. The molecule has 0 radical (unpaired) electrons. The number of allylic oxidation sites excluding steroid dienone is 1. The molecule has 2 aromatic carbocycles. The lowest BCUT2D eigenvalue weighted by Crippen LogP contribution is -2.26. The maximum absolute atomic E-state index is 13.6. The summed E-state index contributed by atoms with van der Waals surface area (Å²) < 4.78 is 24.4. The molecule has 0 saturated heterocycles. The molecule has 0 fully saturated rings. The van der Waals surface area contributed by atoms with E-state index in [0.717, 1.165) is 36.0 Å². The van der Waals surface area contributed by atoms with E-state index in [1.54, 1.807) is 13.2 Å². The molecule has 0 saturated carbocycles. The molecule has 11 nitrogen and oxygen atoms in total. The van der Waals surface area contributed by atoms with Crippen LogP contribution in [0.5, 0.6) is 23.0 Å². The fraction of sp³-hybridized carbons (Fsp3) is 0.345. The molecule has 0 bridgehead atoms. The number of nitrogens with zero attached hydrogens (tertiary/aromatic N) is 4. The van der Waals surface area contributed by atoms with Crippen LogP contribution in [-0.2, 0) is 6.54 Å². The molecule has 0 unspecified atom stereocenters. The third kappa shape index (κ3) is 6.04. The Morgan fingerprint density at radius 1 is 0.950 bits per heavy atom. The van der Waals surface area contributed by atoms with E-state index in [0.29, 0.717) is 5.75 Å². The lowest BCUT2D eigenvalue weighted by Gasteiger charge is -2.15. The smallest absolute Gasteiger partial charge is 0.414 e. The molecule has 0 aliphatic carbocycles. The largest absolute Gasteiger partial charge is 0.497 e. The average molecular weight is 551 g/mol. The predicted octanol–water partition coefficient (Wildman–Crippen LogP) is 4.34. The van der Waals surface area contributed by atoms with Crippen LogP contribution < -0.4 is 18.9 Å². The van der Waals surface area contributed by atoms with Gasteiger partial charge in [-0.2, -0.15) is 0 Å². The van der Waals surface area contributed by atoms with E-state index in [1.165, 1.54) is 50.1 Å². The fourth-order valence-electron chi connectivity index (χ4n) is 4.20. The van der Waals surface area contributed by atoms with E-state index in [4.69, 9.17) is 18.9 Å². The van der Waals surface area contributed by atoms with Gasteiger partial charge in [-0.05, 0) is 51.3 Å². The summed E-state index contributed by atoms with van der Waals surface area (Å²) in [7, 11) is 11.8. The number of methoxy groups -OCH3 is 1. The average Bonchev–Trinajstić information content (AvgIpc) is 3.40.